The molecule has 0 spiro atoms. The van der Waals surface area contributed by atoms with Gasteiger partial charge in [-0.25, -0.2) is 9.59 Å². The van der Waals surface area contributed by atoms with Gasteiger partial charge in [0.25, 0.3) is 0 Å². The van der Waals surface area contributed by atoms with Crippen LogP contribution in [0.5, 0.6) is 0 Å². The summed E-state index contributed by atoms with van der Waals surface area (Å²) in [5, 5.41) is 21.9. The number of aryl methyl sites for hydroxylation is 1. The molecule has 1 aromatic heterocycles. The zero-order valence-electron chi connectivity index (χ0n) is 8.85. The van der Waals surface area contributed by atoms with E-state index in [2.05, 4.69) is 20.8 Å². The van der Waals surface area contributed by atoms with Crippen molar-refractivity contribution in [2.75, 3.05) is 5.32 Å². The number of urea groups is 1. The molecular formula is C8H12N4O3S. The van der Waals surface area contributed by atoms with Gasteiger partial charge in [0.1, 0.15) is 11.0 Å². The molecule has 0 aliphatic rings. The first-order chi connectivity index (χ1) is 7.52. The van der Waals surface area contributed by atoms with Crippen molar-refractivity contribution in [3.8, 4) is 0 Å². The lowest BCUT2D eigenvalue weighted by Gasteiger charge is -2.11. The summed E-state index contributed by atoms with van der Waals surface area (Å²) in [7, 11) is 0. The van der Waals surface area contributed by atoms with Crippen LogP contribution in [0.15, 0.2) is 0 Å². The van der Waals surface area contributed by atoms with Gasteiger partial charge in [0.2, 0.25) is 5.13 Å². The second-order valence-corrected chi connectivity index (χ2v) is 4.21. The van der Waals surface area contributed by atoms with Gasteiger partial charge in [-0.2, -0.15) is 0 Å². The van der Waals surface area contributed by atoms with Crippen LogP contribution in [0, 0.1) is 6.92 Å². The van der Waals surface area contributed by atoms with Crippen molar-refractivity contribution in [2.24, 2.45) is 0 Å². The molecule has 1 rings (SSSR count). The van der Waals surface area contributed by atoms with E-state index in [0.717, 1.165) is 5.01 Å². The number of carbonyl (C=O) groups is 2. The molecule has 8 heteroatoms. The number of anilines is 1. The molecule has 1 atom stereocenters. The molecule has 0 aromatic carbocycles. The van der Waals surface area contributed by atoms with Crippen LogP contribution < -0.4 is 10.6 Å². The maximum atomic E-state index is 11.3. The lowest BCUT2D eigenvalue weighted by Crippen LogP contribution is -2.42. The van der Waals surface area contributed by atoms with E-state index >= 15 is 0 Å². The highest BCUT2D eigenvalue weighted by Crippen LogP contribution is 2.13. The maximum absolute atomic E-state index is 11.3. The van der Waals surface area contributed by atoms with Gasteiger partial charge >= 0.3 is 12.0 Å². The molecular weight excluding hydrogens is 232 g/mol. The van der Waals surface area contributed by atoms with Crippen molar-refractivity contribution in [3.63, 3.8) is 0 Å². The molecule has 3 N–H and O–H groups in total. The van der Waals surface area contributed by atoms with Crippen LogP contribution >= 0.6 is 11.3 Å². The van der Waals surface area contributed by atoms with E-state index in [1.54, 1.807) is 13.8 Å². The Hall–Kier alpha value is -1.70. The Morgan fingerprint density at radius 2 is 2.19 bits per heavy atom. The third kappa shape index (κ3) is 3.46. The molecule has 0 aliphatic carbocycles. The number of carboxylic acids is 1. The van der Waals surface area contributed by atoms with Gasteiger partial charge in [0.05, 0.1) is 0 Å². The highest BCUT2D eigenvalue weighted by atomic mass is 32.1. The van der Waals surface area contributed by atoms with Crippen molar-refractivity contribution in [3.05, 3.63) is 5.01 Å². The molecule has 0 unspecified atom stereocenters. The van der Waals surface area contributed by atoms with Crippen molar-refractivity contribution in [1.29, 1.82) is 0 Å². The second-order valence-electron chi connectivity index (χ2n) is 3.02. The Bertz CT molecular complexity index is 392. The fourth-order valence-corrected chi connectivity index (χ4v) is 1.56. The fraction of sp³-hybridized carbons (Fsp3) is 0.500. The average molecular weight is 244 g/mol. The van der Waals surface area contributed by atoms with E-state index in [9.17, 15) is 9.59 Å². The topological polar surface area (TPSA) is 104 Å². The Morgan fingerprint density at radius 3 is 2.62 bits per heavy atom. The summed E-state index contributed by atoms with van der Waals surface area (Å²) < 4.78 is 0. The van der Waals surface area contributed by atoms with Crippen LogP contribution in [0.25, 0.3) is 0 Å². The predicted octanol–water partition coefficient (Wildman–Crippen LogP) is 0.831. The smallest absolute Gasteiger partial charge is 0.326 e. The summed E-state index contributed by atoms with van der Waals surface area (Å²) >= 11 is 1.22. The number of aliphatic carboxylic acids is 1. The molecule has 1 heterocycles. The van der Waals surface area contributed by atoms with Crippen LogP contribution in [-0.2, 0) is 4.79 Å². The molecule has 0 bridgehead atoms. The Labute approximate surface area is 95.9 Å². The van der Waals surface area contributed by atoms with E-state index < -0.39 is 18.0 Å². The van der Waals surface area contributed by atoms with Gasteiger partial charge in [0.15, 0.2) is 0 Å². The van der Waals surface area contributed by atoms with Crippen molar-refractivity contribution >= 4 is 28.5 Å². The first-order valence-corrected chi connectivity index (χ1v) is 5.45. The quantitative estimate of drug-likeness (QED) is 0.727. The standard InChI is InChI=1S/C8H12N4O3S/c1-3-5(6(13)14)9-7(15)10-8-12-11-4(2)16-8/h5H,3H2,1-2H3,(H,13,14)(H2,9,10,12,15)/t5-/m0/s1. The fourth-order valence-electron chi connectivity index (χ4n) is 0.977. The normalized spacial score (nSPS) is 11.9. The predicted molar refractivity (Wildman–Crippen MR) is 58.5 cm³/mol. The lowest BCUT2D eigenvalue weighted by atomic mass is 10.2. The minimum Gasteiger partial charge on any atom is -0.480 e. The second kappa shape index (κ2) is 5.40. The molecule has 0 fully saturated rings. The van der Waals surface area contributed by atoms with E-state index in [1.165, 1.54) is 11.3 Å². The highest BCUT2D eigenvalue weighted by Gasteiger charge is 2.17. The average Bonchev–Trinajstić information content (AvgIpc) is 2.60. The number of aromatic nitrogens is 2. The van der Waals surface area contributed by atoms with Gasteiger partial charge in [0, 0.05) is 0 Å². The molecule has 0 radical (unpaired) electrons. The summed E-state index contributed by atoms with van der Waals surface area (Å²) in [5.41, 5.74) is 0. The molecule has 1 aromatic rings. The summed E-state index contributed by atoms with van der Waals surface area (Å²) in [6.45, 7) is 3.43. The minimum absolute atomic E-state index is 0.317. The Morgan fingerprint density at radius 1 is 1.50 bits per heavy atom. The molecule has 16 heavy (non-hydrogen) atoms. The number of carbonyl (C=O) groups excluding carboxylic acids is 1. The maximum Gasteiger partial charge on any atom is 0.326 e. The Balaban J connectivity index is 2.50. The zero-order chi connectivity index (χ0) is 12.1. The Kier molecular flexibility index (Phi) is 4.18. The summed E-state index contributed by atoms with van der Waals surface area (Å²) in [6, 6.07) is -1.49. The largest absolute Gasteiger partial charge is 0.480 e. The van der Waals surface area contributed by atoms with Gasteiger partial charge in [-0.1, -0.05) is 18.3 Å². The van der Waals surface area contributed by atoms with Crippen molar-refractivity contribution in [1.82, 2.24) is 15.5 Å². The molecule has 7 nitrogen and oxygen atoms in total. The first kappa shape index (κ1) is 12.4. The SMILES string of the molecule is CC[C@H](NC(=O)Nc1nnc(C)s1)C(=O)O. The molecule has 0 aliphatic heterocycles. The van der Waals surface area contributed by atoms with Gasteiger partial charge in [-0.15, -0.1) is 10.2 Å². The zero-order valence-corrected chi connectivity index (χ0v) is 9.67. The number of nitrogens with zero attached hydrogens (tertiary/aromatic N) is 2. The van der Waals surface area contributed by atoms with Crippen molar-refractivity contribution < 1.29 is 14.7 Å². The number of rotatable bonds is 4. The molecule has 88 valence electrons. The summed E-state index contributed by atoms with van der Waals surface area (Å²) in [4.78, 5) is 22.0. The van der Waals surface area contributed by atoms with E-state index in [-0.39, 0.29) is 0 Å². The van der Waals surface area contributed by atoms with Crippen LogP contribution in [0.4, 0.5) is 9.93 Å². The van der Waals surface area contributed by atoms with Crippen LogP contribution in [-0.4, -0.2) is 33.3 Å². The number of nitrogens with one attached hydrogen (secondary N) is 2. The van der Waals surface area contributed by atoms with Crippen LogP contribution in [0.1, 0.15) is 18.4 Å². The van der Waals surface area contributed by atoms with Gasteiger partial charge < -0.3 is 10.4 Å². The third-order valence-corrected chi connectivity index (χ3v) is 2.51. The molecule has 0 saturated heterocycles. The van der Waals surface area contributed by atoms with Crippen LogP contribution in [0.2, 0.25) is 0 Å². The van der Waals surface area contributed by atoms with E-state index in [1.807, 2.05) is 0 Å². The van der Waals surface area contributed by atoms with E-state index in [0.29, 0.717) is 11.6 Å². The first-order valence-electron chi connectivity index (χ1n) is 4.63. The summed E-state index contributed by atoms with van der Waals surface area (Å²) in [6.07, 6.45) is 0.317. The number of hydrogen-bond donors (Lipinski definition) is 3. The number of carboxylic acid groups (broad SMARTS) is 1. The number of hydrogen-bond acceptors (Lipinski definition) is 5. The minimum atomic E-state index is -1.06. The monoisotopic (exact) mass is 244 g/mol. The van der Waals surface area contributed by atoms with Crippen molar-refractivity contribution in [2.45, 2.75) is 26.3 Å². The van der Waals surface area contributed by atoms with Crippen LogP contribution in [0.3, 0.4) is 0 Å². The van der Waals surface area contributed by atoms with Gasteiger partial charge in [-0.05, 0) is 13.3 Å². The molecule has 2 amide bonds. The lowest BCUT2D eigenvalue weighted by molar-refractivity contribution is -0.139. The highest BCUT2D eigenvalue weighted by molar-refractivity contribution is 7.15. The molecule has 0 saturated carbocycles. The summed E-state index contributed by atoms with van der Waals surface area (Å²) in [5.74, 6) is -1.06. The number of amides is 2. The van der Waals surface area contributed by atoms with Gasteiger partial charge in [-0.3, -0.25) is 5.32 Å². The van der Waals surface area contributed by atoms with E-state index in [4.69, 9.17) is 5.11 Å². The third-order valence-electron chi connectivity index (χ3n) is 1.76.